The number of thiophene rings is 1. The van der Waals surface area contributed by atoms with Crippen LogP contribution in [0, 0.1) is 17.6 Å². The summed E-state index contributed by atoms with van der Waals surface area (Å²) in [6, 6.07) is 7.81. The molecule has 2 aromatic rings. The Morgan fingerprint density at radius 2 is 2.05 bits per heavy atom. The number of hydrogen-bond acceptors (Lipinski definition) is 2. The summed E-state index contributed by atoms with van der Waals surface area (Å²) in [6.07, 6.45) is 2.40. The van der Waals surface area contributed by atoms with Crippen molar-refractivity contribution in [3.05, 3.63) is 57.8 Å². The van der Waals surface area contributed by atoms with Gasteiger partial charge >= 0.3 is 0 Å². The highest BCUT2D eigenvalue weighted by Gasteiger charge is 2.34. The van der Waals surface area contributed by atoms with Crippen LogP contribution in [0.25, 0.3) is 0 Å². The van der Waals surface area contributed by atoms with Crippen LogP contribution in [0.3, 0.4) is 0 Å². The normalized spacial score (nSPS) is 17.9. The first-order valence-electron chi connectivity index (χ1n) is 6.89. The number of hydrogen-bond donors (Lipinski definition) is 1. The smallest absolute Gasteiger partial charge is 0.128 e. The van der Waals surface area contributed by atoms with E-state index >= 15 is 0 Å². The Labute approximate surface area is 121 Å². The van der Waals surface area contributed by atoms with Crippen molar-refractivity contribution in [2.24, 2.45) is 5.92 Å². The molecular weight excluding hydrogens is 276 g/mol. The first-order chi connectivity index (χ1) is 9.65. The van der Waals surface area contributed by atoms with Crippen LogP contribution >= 0.6 is 11.3 Å². The van der Waals surface area contributed by atoms with Gasteiger partial charge in [0, 0.05) is 22.5 Å². The molecule has 0 bridgehead atoms. The van der Waals surface area contributed by atoms with E-state index in [0.29, 0.717) is 11.5 Å². The Morgan fingerprint density at radius 3 is 2.70 bits per heavy atom. The number of rotatable bonds is 5. The van der Waals surface area contributed by atoms with Crippen molar-refractivity contribution >= 4 is 11.3 Å². The van der Waals surface area contributed by atoms with Gasteiger partial charge in [-0.05, 0) is 55.3 Å². The van der Waals surface area contributed by atoms with Crippen LogP contribution in [0.4, 0.5) is 8.78 Å². The van der Waals surface area contributed by atoms with Crippen LogP contribution in [0.1, 0.15) is 42.3 Å². The highest BCUT2D eigenvalue weighted by atomic mass is 32.1. The molecule has 0 saturated heterocycles. The second-order valence-corrected chi connectivity index (χ2v) is 6.36. The van der Waals surface area contributed by atoms with Crippen molar-refractivity contribution in [2.45, 2.75) is 31.8 Å². The third kappa shape index (κ3) is 2.91. The number of nitrogens with one attached hydrogen (secondary N) is 1. The Kier molecular flexibility index (Phi) is 3.85. The van der Waals surface area contributed by atoms with Crippen molar-refractivity contribution in [3.63, 3.8) is 0 Å². The van der Waals surface area contributed by atoms with Gasteiger partial charge in [0.05, 0.1) is 0 Å². The molecule has 0 radical (unpaired) electrons. The summed E-state index contributed by atoms with van der Waals surface area (Å²) >= 11 is 1.71. The minimum atomic E-state index is -0.394. The van der Waals surface area contributed by atoms with Crippen LogP contribution in [0.2, 0.25) is 0 Å². The average molecular weight is 293 g/mol. The summed E-state index contributed by atoms with van der Waals surface area (Å²) in [7, 11) is 0. The van der Waals surface area contributed by atoms with Gasteiger partial charge in [0.2, 0.25) is 0 Å². The lowest BCUT2D eigenvalue weighted by molar-refractivity contribution is 0.420. The maximum absolute atomic E-state index is 13.8. The molecule has 0 spiro atoms. The van der Waals surface area contributed by atoms with Gasteiger partial charge < -0.3 is 5.32 Å². The molecule has 0 amide bonds. The second-order valence-electron chi connectivity index (χ2n) is 5.38. The molecule has 1 aromatic carbocycles. The van der Waals surface area contributed by atoms with Gasteiger partial charge in [0.15, 0.2) is 0 Å². The molecule has 2 unspecified atom stereocenters. The molecule has 4 heteroatoms. The molecule has 1 N–H and O–H groups in total. The van der Waals surface area contributed by atoms with E-state index in [2.05, 4.69) is 16.8 Å². The maximum atomic E-state index is 13.8. The van der Waals surface area contributed by atoms with E-state index in [0.717, 1.165) is 6.07 Å². The largest absolute Gasteiger partial charge is 0.302 e. The third-order valence-electron chi connectivity index (χ3n) is 3.80. The van der Waals surface area contributed by atoms with Gasteiger partial charge in [-0.3, -0.25) is 0 Å². The minimum absolute atomic E-state index is 0.210. The molecule has 2 atom stereocenters. The summed E-state index contributed by atoms with van der Waals surface area (Å²) < 4.78 is 27.1. The Hall–Kier alpha value is -1.26. The second kappa shape index (κ2) is 5.62. The van der Waals surface area contributed by atoms with Crippen LogP contribution in [0.5, 0.6) is 0 Å². The lowest BCUT2D eigenvalue weighted by Gasteiger charge is -2.23. The zero-order valence-electron chi connectivity index (χ0n) is 11.3. The summed E-state index contributed by atoms with van der Waals surface area (Å²) in [5.74, 6) is -0.131. The summed E-state index contributed by atoms with van der Waals surface area (Å²) in [5.41, 5.74) is 0.396. The zero-order valence-corrected chi connectivity index (χ0v) is 12.1. The molecule has 1 aromatic heterocycles. The van der Waals surface area contributed by atoms with Crippen LogP contribution < -0.4 is 5.32 Å². The number of halogens is 2. The molecule has 3 rings (SSSR count). The fourth-order valence-electron chi connectivity index (χ4n) is 2.55. The molecule has 20 heavy (non-hydrogen) atoms. The highest BCUT2D eigenvalue weighted by molar-refractivity contribution is 7.10. The predicted octanol–water partition coefficient (Wildman–Crippen LogP) is 4.83. The lowest BCUT2D eigenvalue weighted by atomic mass is 10.0. The molecule has 106 valence electrons. The van der Waals surface area contributed by atoms with E-state index < -0.39 is 5.82 Å². The number of benzene rings is 1. The molecular formula is C16H17F2NS. The van der Waals surface area contributed by atoms with Gasteiger partial charge in [-0.1, -0.05) is 6.07 Å². The van der Waals surface area contributed by atoms with Crippen molar-refractivity contribution in [2.75, 3.05) is 0 Å². The van der Waals surface area contributed by atoms with Crippen molar-refractivity contribution in [1.82, 2.24) is 5.32 Å². The van der Waals surface area contributed by atoms with Crippen molar-refractivity contribution < 1.29 is 8.78 Å². The monoisotopic (exact) mass is 293 g/mol. The fraction of sp³-hybridized carbons (Fsp3) is 0.375. The first-order valence-corrected chi connectivity index (χ1v) is 7.77. The zero-order chi connectivity index (χ0) is 14.1. The van der Waals surface area contributed by atoms with E-state index in [-0.39, 0.29) is 17.9 Å². The molecule has 1 nitrogen and oxygen atoms in total. The molecule has 1 saturated carbocycles. The Morgan fingerprint density at radius 1 is 1.25 bits per heavy atom. The summed E-state index contributed by atoms with van der Waals surface area (Å²) in [4.78, 5) is 1.27. The standard InChI is InChI=1S/C16H17F2NS/c1-10(13-9-12(17)6-7-14(13)18)19-16(11-4-5-11)15-3-2-8-20-15/h2-3,6-11,16,19H,4-5H2,1H3. The van der Waals surface area contributed by atoms with Crippen molar-refractivity contribution in [1.29, 1.82) is 0 Å². The molecule has 1 aliphatic carbocycles. The summed E-state index contributed by atoms with van der Waals surface area (Å²) in [5, 5.41) is 5.52. The van der Waals surface area contributed by atoms with Crippen LogP contribution in [-0.2, 0) is 0 Å². The summed E-state index contributed by atoms with van der Waals surface area (Å²) in [6.45, 7) is 1.89. The third-order valence-corrected chi connectivity index (χ3v) is 4.75. The van der Waals surface area contributed by atoms with Crippen LogP contribution in [-0.4, -0.2) is 0 Å². The van der Waals surface area contributed by atoms with Gasteiger partial charge in [-0.15, -0.1) is 11.3 Å². The van der Waals surface area contributed by atoms with Crippen LogP contribution in [0.15, 0.2) is 35.7 Å². The Balaban J connectivity index is 1.80. The van der Waals surface area contributed by atoms with E-state index in [1.54, 1.807) is 11.3 Å². The lowest BCUT2D eigenvalue weighted by Crippen LogP contribution is -2.26. The van der Waals surface area contributed by atoms with E-state index in [1.807, 2.05) is 13.0 Å². The van der Waals surface area contributed by atoms with Gasteiger partial charge in [0.1, 0.15) is 11.6 Å². The molecule has 1 heterocycles. The van der Waals surface area contributed by atoms with Gasteiger partial charge in [-0.25, -0.2) is 8.78 Å². The van der Waals surface area contributed by atoms with Gasteiger partial charge in [0.25, 0.3) is 0 Å². The average Bonchev–Trinajstić information content (AvgIpc) is 3.13. The van der Waals surface area contributed by atoms with Gasteiger partial charge in [-0.2, -0.15) is 0 Å². The predicted molar refractivity (Wildman–Crippen MR) is 77.7 cm³/mol. The van der Waals surface area contributed by atoms with E-state index in [1.165, 1.54) is 29.9 Å². The fourth-order valence-corrected chi connectivity index (χ4v) is 3.43. The van der Waals surface area contributed by atoms with E-state index in [9.17, 15) is 8.78 Å². The molecule has 0 aliphatic heterocycles. The first kappa shape index (κ1) is 13.7. The van der Waals surface area contributed by atoms with E-state index in [4.69, 9.17) is 0 Å². The molecule has 1 aliphatic rings. The SMILES string of the molecule is CC(NC(c1cccs1)C1CC1)c1cc(F)ccc1F. The minimum Gasteiger partial charge on any atom is -0.302 e. The maximum Gasteiger partial charge on any atom is 0.128 e. The quantitative estimate of drug-likeness (QED) is 0.832. The topological polar surface area (TPSA) is 12.0 Å². The highest BCUT2D eigenvalue weighted by Crippen LogP contribution is 2.43. The molecule has 1 fully saturated rings. The van der Waals surface area contributed by atoms with Crippen molar-refractivity contribution in [3.8, 4) is 0 Å². The Bertz CT molecular complexity index is 578.